The third-order valence-corrected chi connectivity index (χ3v) is 5.39. The number of anilines is 1. The van der Waals surface area contributed by atoms with Gasteiger partial charge in [-0.15, -0.1) is 11.8 Å². The summed E-state index contributed by atoms with van der Waals surface area (Å²) in [5.41, 5.74) is 0.871. The molecular weight excluding hydrogens is 356 g/mol. The fraction of sp³-hybridized carbons (Fsp3) is 0.294. The molecular formula is C17H18N4O2S2. The number of thioether (sulfide) groups is 1. The number of aromatic nitrogens is 3. The average Bonchev–Trinajstić information content (AvgIpc) is 3.23. The van der Waals surface area contributed by atoms with E-state index < -0.39 is 0 Å². The van der Waals surface area contributed by atoms with Gasteiger partial charge in [0, 0.05) is 18.3 Å². The van der Waals surface area contributed by atoms with Crippen LogP contribution < -0.4 is 5.32 Å². The Hall–Kier alpha value is -2.19. The van der Waals surface area contributed by atoms with Gasteiger partial charge in [0.15, 0.2) is 5.13 Å². The molecule has 130 valence electrons. The lowest BCUT2D eigenvalue weighted by molar-refractivity contribution is -0.115. The first kappa shape index (κ1) is 17.6. The number of carbonyl (C=O) groups excluding carboxylic acids is 1. The highest BCUT2D eigenvalue weighted by Gasteiger charge is 2.11. The van der Waals surface area contributed by atoms with Crippen molar-refractivity contribution in [3.8, 4) is 0 Å². The zero-order chi connectivity index (χ0) is 17.6. The minimum absolute atomic E-state index is 0.104. The van der Waals surface area contributed by atoms with Gasteiger partial charge >= 0.3 is 0 Å². The van der Waals surface area contributed by atoms with Gasteiger partial charge in [0.25, 0.3) is 0 Å². The summed E-state index contributed by atoms with van der Waals surface area (Å²) >= 11 is 3.03. The molecule has 0 saturated heterocycles. The van der Waals surface area contributed by atoms with Crippen LogP contribution in [0.3, 0.4) is 0 Å². The molecule has 0 spiro atoms. The molecule has 0 fully saturated rings. The molecule has 0 bridgehead atoms. The van der Waals surface area contributed by atoms with Crippen molar-refractivity contribution in [3.63, 3.8) is 0 Å². The molecule has 3 aromatic rings. The van der Waals surface area contributed by atoms with E-state index in [0.29, 0.717) is 22.7 Å². The molecule has 3 heterocycles. The zero-order valence-corrected chi connectivity index (χ0v) is 15.6. The van der Waals surface area contributed by atoms with E-state index in [0.717, 1.165) is 15.5 Å². The predicted molar refractivity (Wildman–Crippen MR) is 98.8 cm³/mol. The Labute approximate surface area is 154 Å². The van der Waals surface area contributed by atoms with Gasteiger partial charge in [0.1, 0.15) is 5.76 Å². The van der Waals surface area contributed by atoms with Gasteiger partial charge in [0.2, 0.25) is 11.8 Å². The van der Waals surface area contributed by atoms with E-state index in [1.165, 1.54) is 11.3 Å². The summed E-state index contributed by atoms with van der Waals surface area (Å²) in [5, 5.41) is 3.41. The number of nitrogens with one attached hydrogen (secondary N) is 1. The predicted octanol–water partition coefficient (Wildman–Crippen LogP) is 4.12. The molecule has 1 N–H and O–H groups in total. The fourth-order valence-corrected chi connectivity index (χ4v) is 3.77. The smallest absolute Gasteiger partial charge is 0.230 e. The van der Waals surface area contributed by atoms with Gasteiger partial charge in [-0.1, -0.05) is 31.3 Å². The van der Waals surface area contributed by atoms with Crippen molar-refractivity contribution in [1.82, 2.24) is 15.0 Å². The molecule has 3 rings (SSSR count). The minimum Gasteiger partial charge on any atom is -0.445 e. The van der Waals surface area contributed by atoms with Crippen LogP contribution in [-0.4, -0.2) is 20.9 Å². The Bertz CT molecular complexity index is 830. The second kappa shape index (κ2) is 8.26. The highest BCUT2D eigenvalue weighted by molar-refractivity contribution is 8.00. The summed E-state index contributed by atoms with van der Waals surface area (Å²) in [6.07, 6.45) is 7.18. The van der Waals surface area contributed by atoms with E-state index >= 15 is 0 Å². The lowest BCUT2D eigenvalue weighted by Gasteiger charge is -2.01. The third kappa shape index (κ3) is 5.14. The highest BCUT2D eigenvalue weighted by Crippen LogP contribution is 2.31. The van der Waals surface area contributed by atoms with E-state index in [1.54, 1.807) is 36.5 Å². The van der Waals surface area contributed by atoms with Gasteiger partial charge in [-0.2, -0.15) is 0 Å². The molecule has 0 radical (unpaired) electrons. The van der Waals surface area contributed by atoms with Crippen LogP contribution >= 0.6 is 23.1 Å². The molecule has 0 aliphatic rings. The number of amides is 1. The number of nitrogens with zero attached hydrogens (tertiary/aromatic N) is 3. The molecule has 0 unspecified atom stereocenters. The van der Waals surface area contributed by atoms with Crippen LogP contribution in [0.5, 0.6) is 0 Å². The standard InChI is InChI=1S/C17H18N4O2S2/c1-11(2)13-8-19-15(23-13)10-24-16-9-20-17(25-16)21-14(22)6-12-4-3-5-18-7-12/h3-5,7-9,11H,6,10H2,1-2H3,(H,20,21,22). The normalized spacial score (nSPS) is 11.0. The molecule has 0 aromatic carbocycles. The number of thiazole rings is 1. The summed E-state index contributed by atoms with van der Waals surface area (Å²) in [7, 11) is 0. The molecule has 3 aromatic heterocycles. The largest absolute Gasteiger partial charge is 0.445 e. The number of rotatable bonds is 7. The minimum atomic E-state index is -0.104. The van der Waals surface area contributed by atoms with E-state index in [-0.39, 0.29) is 12.3 Å². The van der Waals surface area contributed by atoms with E-state index in [1.807, 2.05) is 12.1 Å². The maximum atomic E-state index is 12.0. The summed E-state index contributed by atoms with van der Waals surface area (Å²) in [5.74, 6) is 2.45. The van der Waals surface area contributed by atoms with Crippen molar-refractivity contribution >= 4 is 34.1 Å². The first-order valence-corrected chi connectivity index (χ1v) is 9.62. The van der Waals surface area contributed by atoms with E-state index in [2.05, 4.69) is 34.1 Å². The monoisotopic (exact) mass is 374 g/mol. The molecule has 0 atom stereocenters. The van der Waals surface area contributed by atoms with E-state index in [4.69, 9.17) is 4.42 Å². The number of hydrogen-bond acceptors (Lipinski definition) is 7. The average molecular weight is 374 g/mol. The van der Waals surface area contributed by atoms with Crippen LogP contribution in [0, 0.1) is 0 Å². The molecule has 8 heteroatoms. The van der Waals surface area contributed by atoms with Gasteiger partial charge < -0.3 is 9.73 Å². The number of carbonyl (C=O) groups is 1. The van der Waals surface area contributed by atoms with Crippen LogP contribution in [0.15, 0.2) is 45.5 Å². The van der Waals surface area contributed by atoms with Crippen LogP contribution in [0.1, 0.15) is 37.0 Å². The second-order valence-electron chi connectivity index (χ2n) is 5.67. The summed E-state index contributed by atoms with van der Waals surface area (Å²) in [6, 6.07) is 3.69. The van der Waals surface area contributed by atoms with Gasteiger partial charge in [-0.25, -0.2) is 9.97 Å². The Balaban J connectivity index is 1.50. The maximum Gasteiger partial charge on any atom is 0.230 e. The molecule has 0 aliphatic carbocycles. The maximum absolute atomic E-state index is 12.0. The quantitative estimate of drug-likeness (QED) is 0.627. The topological polar surface area (TPSA) is 80.9 Å². The van der Waals surface area contributed by atoms with Crippen molar-refractivity contribution in [3.05, 3.63) is 54.1 Å². The Kier molecular flexibility index (Phi) is 5.83. The van der Waals surface area contributed by atoms with Crippen LogP contribution in [0.25, 0.3) is 0 Å². The molecule has 1 amide bonds. The second-order valence-corrected chi connectivity index (χ2v) is 7.98. The van der Waals surface area contributed by atoms with Crippen molar-refractivity contribution in [2.75, 3.05) is 5.32 Å². The lowest BCUT2D eigenvalue weighted by atomic mass is 10.2. The van der Waals surface area contributed by atoms with Crippen molar-refractivity contribution in [2.45, 2.75) is 36.1 Å². The van der Waals surface area contributed by atoms with Gasteiger partial charge in [0.05, 0.1) is 28.8 Å². The van der Waals surface area contributed by atoms with Gasteiger partial charge in [-0.3, -0.25) is 9.78 Å². The zero-order valence-electron chi connectivity index (χ0n) is 13.9. The number of hydrogen-bond donors (Lipinski definition) is 1. The molecule has 6 nitrogen and oxygen atoms in total. The Morgan fingerprint density at radius 1 is 1.32 bits per heavy atom. The SMILES string of the molecule is CC(C)c1cnc(CSc2cnc(NC(=O)Cc3cccnc3)s2)o1. The first-order valence-electron chi connectivity index (χ1n) is 7.82. The molecule has 0 saturated carbocycles. The van der Waals surface area contributed by atoms with Gasteiger partial charge in [-0.05, 0) is 11.6 Å². The summed E-state index contributed by atoms with van der Waals surface area (Å²) in [4.78, 5) is 24.6. The highest BCUT2D eigenvalue weighted by atomic mass is 32.2. The summed E-state index contributed by atoms with van der Waals surface area (Å²) < 4.78 is 6.68. The Morgan fingerprint density at radius 3 is 2.92 bits per heavy atom. The number of oxazole rings is 1. The number of pyridine rings is 1. The van der Waals surface area contributed by atoms with E-state index in [9.17, 15) is 4.79 Å². The third-order valence-electron chi connectivity index (χ3n) is 3.30. The lowest BCUT2D eigenvalue weighted by Crippen LogP contribution is -2.14. The first-order chi connectivity index (χ1) is 12.1. The molecule has 0 aliphatic heterocycles. The Morgan fingerprint density at radius 2 is 2.20 bits per heavy atom. The van der Waals surface area contributed by atoms with Crippen LogP contribution in [0.4, 0.5) is 5.13 Å². The fourth-order valence-electron chi connectivity index (χ4n) is 2.03. The summed E-state index contributed by atoms with van der Waals surface area (Å²) in [6.45, 7) is 4.14. The van der Waals surface area contributed by atoms with Crippen LogP contribution in [0.2, 0.25) is 0 Å². The van der Waals surface area contributed by atoms with Crippen molar-refractivity contribution in [2.24, 2.45) is 0 Å². The van der Waals surface area contributed by atoms with Crippen molar-refractivity contribution < 1.29 is 9.21 Å². The molecule has 25 heavy (non-hydrogen) atoms. The van der Waals surface area contributed by atoms with Crippen LogP contribution in [-0.2, 0) is 17.0 Å². The van der Waals surface area contributed by atoms with Crippen molar-refractivity contribution in [1.29, 1.82) is 0 Å².